The Balaban J connectivity index is 2.01. The monoisotopic (exact) mass is 299 g/mol. The molecule has 0 aliphatic rings. The predicted octanol–water partition coefficient (Wildman–Crippen LogP) is 4.14. The lowest BCUT2D eigenvalue weighted by Crippen LogP contribution is -1.95. The van der Waals surface area contributed by atoms with Crippen LogP contribution in [0.4, 0.5) is 11.6 Å². The van der Waals surface area contributed by atoms with Crippen LogP contribution in [0.1, 0.15) is 0 Å². The number of rotatable bonds is 2. The van der Waals surface area contributed by atoms with Gasteiger partial charge in [0, 0.05) is 16.1 Å². The highest BCUT2D eigenvalue weighted by Crippen LogP contribution is 2.24. The van der Waals surface area contributed by atoms with Gasteiger partial charge in [-0.15, -0.1) is 0 Å². The highest BCUT2D eigenvalue weighted by atomic mass is 79.9. The van der Waals surface area contributed by atoms with E-state index in [0.29, 0.717) is 0 Å². The summed E-state index contributed by atoms with van der Waals surface area (Å²) in [6.07, 6.45) is 1.75. The van der Waals surface area contributed by atoms with Crippen LogP contribution in [0.25, 0.3) is 10.9 Å². The zero-order chi connectivity index (χ0) is 12.4. The molecule has 0 atom stereocenters. The molecule has 2 aromatic heterocycles. The van der Waals surface area contributed by atoms with Crippen molar-refractivity contribution in [3.05, 3.63) is 59.2 Å². The van der Waals surface area contributed by atoms with Crippen molar-refractivity contribution >= 4 is 38.5 Å². The van der Waals surface area contributed by atoms with Gasteiger partial charge in [-0.2, -0.15) is 0 Å². The summed E-state index contributed by atoms with van der Waals surface area (Å²) in [5.41, 5.74) is 0.943. The second-order valence-electron chi connectivity index (χ2n) is 3.85. The van der Waals surface area contributed by atoms with E-state index in [-0.39, 0.29) is 0 Å². The molecule has 0 aliphatic heterocycles. The van der Waals surface area contributed by atoms with Crippen LogP contribution in [-0.2, 0) is 0 Å². The van der Waals surface area contributed by atoms with Gasteiger partial charge in [0.2, 0.25) is 0 Å². The smallest absolute Gasteiger partial charge is 0.132 e. The molecule has 88 valence electrons. The molecule has 1 aromatic carbocycles. The Kier molecular flexibility index (Phi) is 2.94. The minimum Gasteiger partial charge on any atom is -0.325 e. The van der Waals surface area contributed by atoms with Gasteiger partial charge in [-0.3, -0.25) is 0 Å². The van der Waals surface area contributed by atoms with E-state index in [0.717, 1.165) is 27.0 Å². The van der Waals surface area contributed by atoms with E-state index in [2.05, 4.69) is 31.2 Å². The first kappa shape index (κ1) is 11.2. The topological polar surface area (TPSA) is 37.8 Å². The largest absolute Gasteiger partial charge is 0.325 e. The van der Waals surface area contributed by atoms with Gasteiger partial charge in [-0.25, -0.2) is 9.97 Å². The predicted molar refractivity (Wildman–Crippen MR) is 77.0 cm³/mol. The van der Waals surface area contributed by atoms with Crippen LogP contribution in [0.5, 0.6) is 0 Å². The first-order valence-electron chi connectivity index (χ1n) is 5.56. The van der Waals surface area contributed by atoms with Gasteiger partial charge >= 0.3 is 0 Å². The average Bonchev–Trinajstić information content (AvgIpc) is 2.41. The zero-order valence-corrected chi connectivity index (χ0v) is 11.1. The molecule has 0 saturated heterocycles. The molecule has 0 spiro atoms. The minimum absolute atomic E-state index is 0.785. The molecule has 0 aliphatic carbocycles. The molecule has 4 heteroatoms. The normalized spacial score (nSPS) is 10.5. The third-order valence-corrected chi connectivity index (χ3v) is 3.23. The van der Waals surface area contributed by atoms with Gasteiger partial charge in [0.05, 0.1) is 5.52 Å². The van der Waals surface area contributed by atoms with Gasteiger partial charge in [0.1, 0.15) is 11.6 Å². The summed E-state index contributed by atoms with van der Waals surface area (Å²) in [6, 6.07) is 15.7. The van der Waals surface area contributed by atoms with Crippen LogP contribution in [0, 0.1) is 0 Å². The van der Waals surface area contributed by atoms with E-state index in [1.54, 1.807) is 6.20 Å². The average molecular weight is 300 g/mol. The quantitative estimate of drug-likeness (QED) is 0.773. The Morgan fingerprint density at radius 1 is 0.889 bits per heavy atom. The van der Waals surface area contributed by atoms with Crippen molar-refractivity contribution in [2.45, 2.75) is 0 Å². The van der Waals surface area contributed by atoms with Crippen molar-refractivity contribution in [2.75, 3.05) is 5.32 Å². The van der Waals surface area contributed by atoms with Gasteiger partial charge < -0.3 is 5.32 Å². The van der Waals surface area contributed by atoms with Crippen molar-refractivity contribution < 1.29 is 0 Å². The van der Waals surface area contributed by atoms with Crippen LogP contribution < -0.4 is 5.32 Å². The van der Waals surface area contributed by atoms with Crippen LogP contribution in [0.3, 0.4) is 0 Å². The lowest BCUT2D eigenvalue weighted by molar-refractivity contribution is 1.27. The third-order valence-electron chi connectivity index (χ3n) is 2.59. The summed E-state index contributed by atoms with van der Waals surface area (Å²) in [5.74, 6) is 1.57. The fourth-order valence-corrected chi connectivity index (χ4v) is 2.22. The summed E-state index contributed by atoms with van der Waals surface area (Å²) >= 11 is 3.51. The summed E-state index contributed by atoms with van der Waals surface area (Å²) in [7, 11) is 0. The van der Waals surface area contributed by atoms with Gasteiger partial charge in [0.25, 0.3) is 0 Å². The summed E-state index contributed by atoms with van der Waals surface area (Å²) in [4.78, 5) is 8.79. The number of anilines is 2. The number of fused-ring (bicyclic) bond motifs is 1. The zero-order valence-electron chi connectivity index (χ0n) is 9.47. The van der Waals surface area contributed by atoms with E-state index in [1.807, 2.05) is 48.5 Å². The number of pyridine rings is 2. The molecule has 3 aromatic rings. The summed E-state index contributed by atoms with van der Waals surface area (Å²) in [5, 5.41) is 4.29. The Morgan fingerprint density at radius 2 is 1.83 bits per heavy atom. The summed E-state index contributed by atoms with van der Waals surface area (Å²) < 4.78 is 0.990. The number of hydrogen-bond acceptors (Lipinski definition) is 3. The van der Waals surface area contributed by atoms with E-state index in [1.165, 1.54) is 0 Å². The Labute approximate surface area is 113 Å². The van der Waals surface area contributed by atoms with Gasteiger partial charge in [-0.05, 0) is 46.3 Å². The van der Waals surface area contributed by atoms with E-state index in [4.69, 9.17) is 0 Å². The number of nitrogens with one attached hydrogen (secondary N) is 1. The molecule has 0 amide bonds. The number of halogens is 1. The van der Waals surface area contributed by atoms with Crippen molar-refractivity contribution in [3.63, 3.8) is 0 Å². The summed E-state index contributed by atoms with van der Waals surface area (Å²) in [6.45, 7) is 0. The van der Waals surface area contributed by atoms with Crippen LogP contribution in [-0.4, -0.2) is 9.97 Å². The molecule has 0 unspecified atom stereocenters. The molecule has 1 N–H and O–H groups in total. The molecular weight excluding hydrogens is 290 g/mol. The Bertz CT molecular complexity index is 683. The van der Waals surface area contributed by atoms with Crippen LogP contribution in [0.2, 0.25) is 0 Å². The number of nitrogens with zero attached hydrogens (tertiary/aromatic N) is 2. The fraction of sp³-hybridized carbons (Fsp3) is 0. The van der Waals surface area contributed by atoms with Crippen LogP contribution in [0.15, 0.2) is 59.2 Å². The lowest BCUT2D eigenvalue weighted by Gasteiger charge is -2.06. The lowest BCUT2D eigenvalue weighted by atomic mass is 10.2. The molecule has 0 bridgehead atoms. The van der Waals surface area contributed by atoms with Gasteiger partial charge in [0.15, 0.2) is 0 Å². The van der Waals surface area contributed by atoms with Crippen LogP contribution >= 0.6 is 15.9 Å². The minimum atomic E-state index is 0.785. The maximum Gasteiger partial charge on any atom is 0.132 e. The first-order chi connectivity index (χ1) is 8.83. The number of hydrogen-bond donors (Lipinski definition) is 1. The fourth-order valence-electron chi connectivity index (χ4n) is 1.75. The number of aromatic nitrogens is 2. The van der Waals surface area contributed by atoms with Crippen molar-refractivity contribution in [1.82, 2.24) is 9.97 Å². The highest BCUT2D eigenvalue weighted by molar-refractivity contribution is 9.10. The Hall–Kier alpha value is -1.94. The molecular formula is C14H10BrN3. The SMILES string of the molecule is Brc1cccc2ccc(Nc3ccccn3)nc12. The Morgan fingerprint density at radius 3 is 2.67 bits per heavy atom. The van der Waals surface area contributed by atoms with Crippen molar-refractivity contribution in [1.29, 1.82) is 0 Å². The van der Waals surface area contributed by atoms with E-state index in [9.17, 15) is 0 Å². The van der Waals surface area contributed by atoms with Crippen molar-refractivity contribution in [3.8, 4) is 0 Å². The molecule has 3 rings (SSSR count). The third kappa shape index (κ3) is 2.19. The van der Waals surface area contributed by atoms with E-state index >= 15 is 0 Å². The van der Waals surface area contributed by atoms with E-state index < -0.39 is 0 Å². The first-order valence-corrected chi connectivity index (χ1v) is 6.35. The number of para-hydroxylation sites is 1. The molecule has 18 heavy (non-hydrogen) atoms. The number of benzene rings is 1. The standard InChI is InChI=1S/C14H10BrN3/c15-11-5-3-4-10-7-8-13(18-14(10)11)17-12-6-1-2-9-16-12/h1-9H,(H,16,17,18). The molecule has 0 radical (unpaired) electrons. The van der Waals surface area contributed by atoms with Gasteiger partial charge in [-0.1, -0.05) is 18.2 Å². The molecule has 2 heterocycles. The second-order valence-corrected chi connectivity index (χ2v) is 4.70. The highest BCUT2D eigenvalue weighted by Gasteiger charge is 2.02. The molecule has 0 saturated carbocycles. The molecule has 3 nitrogen and oxygen atoms in total. The maximum absolute atomic E-state index is 4.57. The maximum atomic E-state index is 4.57. The second kappa shape index (κ2) is 4.74. The van der Waals surface area contributed by atoms with Crippen molar-refractivity contribution in [2.24, 2.45) is 0 Å². The molecule has 0 fully saturated rings.